The molecule has 1 aromatic carbocycles. The Kier molecular flexibility index (Phi) is 3.02. The second-order valence-corrected chi connectivity index (χ2v) is 6.74. The summed E-state index contributed by atoms with van der Waals surface area (Å²) in [5.74, 6) is 1.14. The van der Waals surface area contributed by atoms with E-state index in [0.29, 0.717) is 17.9 Å². The summed E-state index contributed by atoms with van der Waals surface area (Å²) in [4.78, 5) is 4.28. The molecule has 0 fully saturated rings. The van der Waals surface area contributed by atoms with Gasteiger partial charge in [0.15, 0.2) is 0 Å². The number of pyridine rings is 1. The van der Waals surface area contributed by atoms with E-state index in [9.17, 15) is 0 Å². The smallest absolute Gasteiger partial charge is 0.0569 e. The number of anilines is 1. The number of fused-ring (bicyclic) bond motifs is 3. The Labute approximate surface area is 132 Å². The number of nitrogens with zero attached hydrogens (tertiary/aromatic N) is 1. The zero-order chi connectivity index (χ0) is 13.5. The zero-order valence-electron chi connectivity index (χ0n) is 11.0. The predicted octanol–water partition coefficient (Wildman–Crippen LogP) is 4.51. The third-order valence-electron chi connectivity index (χ3n) is 4.37. The van der Waals surface area contributed by atoms with Crippen LogP contribution in [0.3, 0.4) is 0 Å². The van der Waals surface area contributed by atoms with E-state index >= 15 is 0 Å². The largest absolute Gasteiger partial charge is 0.378 e. The Morgan fingerprint density at radius 3 is 3.05 bits per heavy atom. The first-order valence-corrected chi connectivity index (χ1v) is 8.03. The first-order chi connectivity index (χ1) is 9.83. The third-order valence-corrected chi connectivity index (χ3v) is 5.04. The highest BCUT2D eigenvalue weighted by Gasteiger charge is 2.37. The van der Waals surface area contributed by atoms with Crippen molar-refractivity contribution in [1.29, 1.82) is 0 Å². The summed E-state index contributed by atoms with van der Waals surface area (Å²) in [6.07, 6.45) is 9.68. The summed E-state index contributed by atoms with van der Waals surface area (Å²) in [7, 11) is 0. The van der Waals surface area contributed by atoms with Crippen LogP contribution in [0.15, 0.2) is 54.9 Å². The summed E-state index contributed by atoms with van der Waals surface area (Å²) in [5, 5.41) is 3.73. The van der Waals surface area contributed by atoms with Crippen molar-refractivity contribution in [1.82, 2.24) is 4.98 Å². The van der Waals surface area contributed by atoms with Crippen molar-refractivity contribution in [2.24, 2.45) is 5.92 Å². The van der Waals surface area contributed by atoms with Gasteiger partial charge >= 0.3 is 0 Å². The van der Waals surface area contributed by atoms with E-state index in [1.807, 2.05) is 18.5 Å². The molecule has 20 heavy (non-hydrogen) atoms. The molecule has 2 aromatic rings. The lowest BCUT2D eigenvalue weighted by Gasteiger charge is -2.37. The summed E-state index contributed by atoms with van der Waals surface area (Å²) >= 11 is 2.39. The number of aromatic nitrogens is 1. The van der Waals surface area contributed by atoms with Crippen molar-refractivity contribution in [3.05, 3.63) is 69.6 Å². The highest BCUT2D eigenvalue weighted by molar-refractivity contribution is 14.1. The molecule has 1 aliphatic carbocycles. The van der Waals surface area contributed by atoms with Gasteiger partial charge in [-0.15, -0.1) is 0 Å². The fraction of sp³-hybridized carbons (Fsp3) is 0.235. The Morgan fingerprint density at radius 2 is 2.20 bits per heavy atom. The van der Waals surface area contributed by atoms with Crippen LogP contribution in [0, 0.1) is 9.49 Å². The Hall–Kier alpha value is -1.36. The van der Waals surface area contributed by atoms with Crippen LogP contribution in [0.25, 0.3) is 0 Å². The van der Waals surface area contributed by atoms with Crippen LogP contribution >= 0.6 is 22.6 Å². The number of hydrogen-bond donors (Lipinski definition) is 1. The van der Waals surface area contributed by atoms with Crippen LogP contribution in [0.1, 0.15) is 29.5 Å². The lowest BCUT2D eigenvalue weighted by Crippen LogP contribution is -2.29. The second kappa shape index (κ2) is 4.88. The molecule has 100 valence electrons. The van der Waals surface area contributed by atoms with Crippen molar-refractivity contribution in [3.8, 4) is 0 Å². The first-order valence-electron chi connectivity index (χ1n) is 6.95. The number of hydrogen-bond acceptors (Lipinski definition) is 2. The minimum atomic E-state index is 0.358. The number of halogens is 1. The fourth-order valence-corrected chi connectivity index (χ4v) is 3.97. The lowest BCUT2D eigenvalue weighted by atomic mass is 9.77. The Balaban J connectivity index is 1.80. The normalized spacial score (nSPS) is 26.8. The van der Waals surface area contributed by atoms with E-state index in [1.54, 1.807) is 0 Å². The molecule has 2 nitrogen and oxygen atoms in total. The van der Waals surface area contributed by atoms with Gasteiger partial charge in [0, 0.05) is 27.6 Å². The molecular formula is C17H15IN2. The van der Waals surface area contributed by atoms with E-state index in [4.69, 9.17) is 0 Å². The van der Waals surface area contributed by atoms with Gasteiger partial charge in [-0.3, -0.25) is 4.98 Å². The topological polar surface area (TPSA) is 24.9 Å². The van der Waals surface area contributed by atoms with E-state index in [-0.39, 0.29) is 0 Å². The fourth-order valence-electron chi connectivity index (χ4n) is 3.46. The quantitative estimate of drug-likeness (QED) is 0.587. The van der Waals surface area contributed by atoms with Crippen LogP contribution in [0.2, 0.25) is 0 Å². The second-order valence-electron chi connectivity index (χ2n) is 5.49. The van der Waals surface area contributed by atoms with Gasteiger partial charge in [-0.05, 0) is 70.3 Å². The van der Waals surface area contributed by atoms with Crippen LogP contribution in [0.4, 0.5) is 5.69 Å². The molecule has 2 aliphatic rings. The van der Waals surface area contributed by atoms with E-state index in [0.717, 1.165) is 6.42 Å². The van der Waals surface area contributed by atoms with Crippen molar-refractivity contribution in [2.75, 3.05) is 5.32 Å². The summed E-state index contributed by atoms with van der Waals surface area (Å²) in [5.41, 5.74) is 4.00. The maximum Gasteiger partial charge on any atom is 0.0569 e. The highest BCUT2D eigenvalue weighted by Crippen LogP contribution is 2.49. The van der Waals surface area contributed by atoms with Gasteiger partial charge in [-0.2, -0.15) is 0 Å². The summed E-state index contributed by atoms with van der Waals surface area (Å²) in [6, 6.07) is 11.3. The first kappa shape index (κ1) is 12.4. The van der Waals surface area contributed by atoms with Gasteiger partial charge in [-0.25, -0.2) is 0 Å². The molecule has 2 heterocycles. The molecule has 1 aromatic heterocycles. The maximum atomic E-state index is 4.28. The molecule has 0 radical (unpaired) electrons. The van der Waals surface area contributed by atoms with Gasteiger partial charge in [0.1, 0.15) is 0 Å². The molecule has 0 saturated heterocycles. The van der Waals surface area contributed by atoms with Gasteiger partial charge in [-0.1, -0.05) is 18.2 Å². The number of nitrogens with one attached hydrogen (secondary N) is 1. The average molecular weight is 374 g/mol. The van der Waals surface area contributed by atoms with Crippen LogP contribution in [-0.4, -0.2) is 4.98 Å². The van der Waals surface area contributed by atoms with Crippen molar-refractivity contribution in [3.63, 3.8) is 0 Å². The molecule has 4 rings (SSSR count). The lowest BCUT2D eigenvalue weighted by molar-refractivity contribution is 0.425. The van der Waals surface area contributed by atoms with Crippen LogP contribution in [0.5, 0.6) is 0 Å². The molecule has 0 amide bonds. The predicted molar refractivity (Wildman–Crippen MR) is 89.7 cm³/mol. The van der Waals surface area contributed by atoms with Crippen molar-refractivity contribution in [2.45, 2.75) is 18.4 Å². The number of allylic oxidation sites excluding steroid dienone is 2. The molecule has 3 atom stereocenters. The molecular weight excluding hydrogens is 359 g/mol. The standard InChI is InChI=1S/C17H15IN2/c18-12-6-7-16-15(9-12)13-4-1-5-14(13)17(20-16)11-3-2-8-19-10-11/h1-4,6-10,13-14,17,20H,5H2/t13-,14-,17-/m1/s1. The van der Waals surface area contributed by atoms with E-state index in [2.05, 4.69) is 69.3 Å². The zero-order valence-corrected chi connectivity index (χ0v) is 13.1. The molecule has 0 spiro atoms. The third kappa shape index (κ3) is 1.95. The SMILES string of the molecule is Ic1ccc2c(c1)[C@@H]1C=CC[C@H]1[C@@H](c1cccnc1)N2. The molecule has 0 bridgehead atoms. The van der Waals surface area contributed by atoms with Crippen LogP contribution < -0.4 is 5.32 Å². The minimum absolute atomic E-state index is 0.358. The van der Waals surface area contributed by atoms with Gasteiger partial charge in [0.25, 0.3) is 0 Å². The average Bonchev–Trinajstić information content (AvgIpc) is 2.97. The molecule has 3 heteroatoms. The van der Waals surface area contributed by atoms with Gasteiger partial charge in [0.2, 0.25) is 0 Å². The Morgan fingerprint density at radius 1 is 1.25 bits per heavy atom. The Bertz CT molecular complexity index is 666. The summed E-state index contributed by atoms with van der Waals surface area (Å²) < 4.78 is 1.31. The van der Waals surface area contributed by atoms with E-state index in [1.165, 1.54) is 20.4 Å². The molecule has 0 saturated carbocycles. The molecule has 0 unspecified atom stereocenters. The van der Waals surface area contributed by atoms with Crippen LogP contribution in [-0.2, 0) is 0 Å². The molecule has 1 aliphatic heterocycles. The van der Waals surface area contributed by atoms with Crippen molar-refractivity contribution >= 4 is 28.3 Å². The monoisotopic (exact) mass is 374 g/mol. The maximum absolute atomic E-state index is 4.28. The van der Waals surface area contributed by atoms with E-state index < -0.39 is 0 Å². The number of rotatable bonds is 1. The highest BCUT2D eigenvalue weighted by atomic mass is 127. The molecule has 1 N–H and O–H groups in total. The van der Waals surface area contributed by atoms with Gasteiger partial charge < -0.3 is 5.32 Å². The number of benzene rings is 1. The summed E-state index contributed by atoms with van der Waals surface area (Å²) in [6.45, 7) is 0. The van der Waals surface area contributed by atoms with Gasteiger partial charge in [0.05, 0.1) is 6.04 Å². The van der Waals surface area contributed by atoms with Crippen molar-refractivity contribution < 1.29 is 0 Å². The minimum Gasteiger partial charge on any atom is -0.378 e.